The molecule has 0 fully saturated rings. The highest BCUT2D eigenvalue weighted by Gasteiger charge is 2.16. The molecule has 1 N–H and O–H groups in total. The fourth-order valence-electron chi connectivity index (χ4n) is 2.12. The highest BCUT2D eigenvalue weighted by molar-refractivity contribution is 6.30. The first kappa shape index (κ1) is 16.4. The van der Waals surface area contributed by atoms with E-state index in [2.05, 4.69) is 19.2 Å². The van der Waals surface area contributed by atoms with E-state index >= 15 is 0 Å². The first-order valence-electron chi connectivity index (χ1n) is 7.29. The second kappa shape index (κ2) is 7.32. The fraction of sp³-hybridized carbons (Fsp3) is 0.278. The van der Waals surface area contributed by atoms with Crippen LogP contribution in [0.25, 0.3) is 0 Å². The number of para-hydroxylation sites is 1. The van der Waals surface area contributed by atoms with Gasteiger partial charge < -0.3 is 10.1 Å². The number of carbonyl (C=O) groups excluding carboxylic acids is 1. The van der Waals surface area contributed by atoms with Gasteiger partial charge in [-0.15, -0.1) is 0 Å². The summed E-state index contributed by atoms with van der Waals surface area (Å²) in [7, 11) is 0. The predicted octanol–water partition coefficient (Wildman–Crippen LogP) is 4.87. The Morgan fingerprint density at radius 1 is 1.05 bits per heavy atom. The van der Waals surface area contributed by atoms with Crippen LogP contribution in [0, 0.1) is 0 Å². The van der Waals surface area contributed by atoms with Crippen LogP contribution < -0.4 is 10.1 Å². The Morgan fingerprint density at radius 3 is 2.32 bits per heavy atom. The Bertz CT molecular complexity index is 638. The molecule has 2 aromatic rings. The number of hydrogen-bond acceptors (Lipinski definition) is 2. The maximum Gasteiger partial charge on any atom is 0.265 e. The number of carbonyl (C=O) groups is 1. The van der Waals surface area contributed by atoms with Crippen molar-refractivity contribution in [3.63, 3.8) is 0 Å². The van der Waals surface area contributed by atoms with Gasteiger partial charge in [-0.1, -0.05) is 43.6 Å². The average Bonchev–Trinajstić information content (AvgIpc) is 2.49. The predicted molar refractivity (Wildman–Crippen MR) is 90.7 cm³/mol. The molecule has 0 bridgehead atoms. The summed E-state index contributed by atoms with van der Waals surface area (Å²) in [5, 5.41) is 3.57. The molecule has 22 heavy (non-hydrogen) atoms. The van der Waals surface area contributed by atoms with E-state index in [1.807, 2.05) is 24.3 Å². The van der Waals surface area contributed by atoms with Crippen LogP contribution in [0.4, 0.5) is 5.69 Å². The summed E-state index contributed by atoms with van der Waals surface area (Å²) in [5.41, 5.74) is 1.93. The third-order valence-corrected chi connectivity index (χ3v) is 3.59. The van der Waals surface area contributed by atoms with Gasteiger partial charge in [0.25, 0.3) is 5.91 Å². The van der Waals surface area contributed by atoms with E-state index < -0.39 is 6.10 Å². The van der Waals surface area contributed by atoms with E-state index in [1.54, 1.807) is 31.2 Å². The fourth-order valence-corrected chi connectivity index (χ4v) is 2.25. The number of hydrogen-bond donors (Lipinski definition) is 1. The zero-order valence-electron chi connectivity index (χ0n) is 13.0. The van der Waals surface area contributed by atoms with Gasteiger partial charge in [-0.2, -0.15) is 0 Å². The number of rotatable bonds is 5. The second-order valence-electron chi connectivity index (χ2n) is 5.45. The number of benzene rings is 2. The van der Waals surface area contributed by atoms with Crippen LogP contribution >= 0.6 is 11.6 Å². The van der Waals surface area contributed by atoms with E-state index in [4.69, 9.17) is 16.3 Å². The minimum atomic E-state index is -0.596. The lowest BCUT2D eigenvalue weighted by Crippen LogP contribution is -2.30. The van der Waals surface area contributed by atoms with Crippen molar-refractivity contribution in [2.75, 3.05) is 5.32 Å². The monoisotopic (exact) mass is 317 g/mol. The highest BCUT2D eigenvalue weighted by atomic mass is 35.5. The molecule has 116 valence electrons. The standard InChI is InChI=1S/C18H20ClNO2/c1-12(2)16-6-4-5-7-17(16)20-18(21)13(3)22-15-10-8-14(19)9-11-15/h4-13H,1-3H3,(H,20,21)/t13-/m0/s1. The molecule has 2 rings (SSSR count). The molecule has 0 saturated heterocycles. The molecule has 0 aliphatic rings. The molecule has 0 saturated carbocycles. The third kappa shape index (κ3) is 4.25. The van der Waals surface area contributed by atoms with Crippen molar-refractivity contribution in [1.29, 1.82) is 0 Å². The topological polar surface area (TPSA) is 38.3 Å². The highest BCUT2D eigenvalue weighted by Crippen LogP contribution is 2.24. The van der Waals surface area contributed by atoms with Gasteiger partial charge in [0.05, 0.1) is 0 Å². The number of nitrogens with one attached hydrogen (secondary N) is 1. The first-order valence-corrected chi connectivity index (χ1v) is 7.67. The van der Waals surface area contributed by atoms with E-state index in [9.17, 15) is 4.79 Å². The van der Waals surface area contributed by atoms with E-state index in [-0.39, 0.29) is 5.91 Å². The van der Waals surface area contributed by atoms with E-state index in [0.717, 1.165) is 11.3 Å². The van der Waals surface area contributed by atoms with Crippen molar-refractivity contribution in [3.05, 3.63) is 59.1 Å². The Morgan fingerprint density at radius 2 is 1.68 bits per heavy atom. The molecule has 4 heteroatoms. The zero-order valence-corrected chi connectivity index (χ0v) is 13.7. The SMILES string of the molecule is CC(C)c1ccccc1NC(=O)[C@H](C)Oc1ccc(Cl)cc1. The second-order valence-corrected chi connectivity index (χ2v) is 5.88. The van der Waals surface area contributed by atoms with Gasteiger partial charge in [-0.25, -0.2) is 0 Å². The van der Waals surface area contributed by atoms with Crippen LogP contribution in [-0.4, -0.2) is 12.0 Å². The Hall–Kier alpha value is -2.00. The van der Waals surface area contributed by atoms with Gasteiger partial charge in [0.2, 0.25) is 0 Å². The molecule has 3 nitrogen and oxygen atoms in total. The smallest absolute Gasteiger partial charge is 0.265 e. The lowest BCUT2D eigenvalue weighted by Gasteiger charge is -2.17. The number of amides is 1. The Balaban J connectivity index is 2.04. The summed E-state index contributed by atoms with van der Waals surface area (Å²) in [6, 6.07) is 14.8. The molecule has 0 aliphatic carbocycles. The van der Waals surface area contributed by atoms with Crippen molar-refractivity contribution >= 4 is 23.2 Å². The molecule has 0 unspecified atom stereocenters. The third-order valence-electron chi connectivity index (χ3n) is 3.34. The van der Waals surface area contributed by atoms with E-state index in [0.29, 0.717) is 16.7 Å². The average molecular weight is 318 g/mol. The molecule has 0 radical (unpaired) electrons. The maximum atomic E-state index is 12.3. The van der Waals surface area contributed by atoms with Gasteiger partial charge in [0, 0.05) is 10.7 Å². The summed E-state index contributed by atoms with van der Waals surface area (Å²) in [4.78, 5) is 12.3. The zero-order chi connectivity index (χ0) is 16.1. The van der Waals surface area contributed by atoms with Gasteiger partial charge in [-0.05, 0) is 48.7 Å². The van der Waals surface area contributed by atoms with Crippen molar-refractivity contribution in [3.8, 4) is 5.75 Å². The lowest BCUT2D eigenvalue weighted by atomic mass is 10.0. The van der Waals surface area contributed by atoms with Crippen LogP contribution in [0.15, 0.2) is 48.5 Å². The van der Waals surface area contributed by atoms with Crippen LogP contribution in [0.3, 0.4) is 0 Å². The first-order chi connectivity index (χ1) is 10.5. The molecule has 0 aromatic heterocycles. The molecule has 0 aliphatic heterocycles. The number of ether oxygens (including phenoxy) is 1. The van der Waals surface area contributed by atoms with Gasteiger partial charge in [0.15, 0.2) is 6.10 Å². The summed E-state index contributed by atoms with van der Waals surface area (Å²) >= 11 is 5.83. The van der Waals surface area contributed by atoms with E-state index in [1.165, 1.54) is 0 Å². The molecule has 0 spiro atoms. The molecule has 1 atom stereocenters. The van der Waals surface area contributed by atoms with Crippen molar-refractivity contribution in [2.24, 2.45) is 0 Å². The summed E-state index contributed by atoms with van der Waals surface area (Å²) < 4.78 is 5.63. The minimum absolute atomic E-state index is 0.178. The molecule has 2 aromatic carbocycles. The van der Waals surface area contributed by atoms with Crippen molar-refractivity contribution < 1.29 is 9.53 Å². The Labute approximate surface area is 136 Å². The number of anilines is 1. The van der Waals surface area contributed by atoms with Crippen LogP contribution in [0.1, 0.15) is 32.3 Å². The van der Waals surface area contributed by atoms with Crippen LogP contribution in [0.2, 0.25) is 5.02 Å². The minimum Gasteiger partial charge on any atom is -0.481 e. The van der Waals surface area contributed by atoms with Crippen molar-refractivity contribution in [2.45, 2.75) is 32.8 Å². The van der Waals surface area contributed by atoms with Gasteiger partial charge in [0.1, 0.15) is 5.75 Å². The molecule has 1 amide bonds. The largest absolute Gasteiger partial charge is 0.481 e. The Kier molecular flexibility index (Phi) is 5.45. The van der Waals surface area contributed by atoms with Gasteiger partial charge in [-0.3, -0.25) is 4.79 Å². The number of halogens is 1. The summed E-state index contributed by atoms with van der Waals surface area (Å²) in [5.74, 6) is 0.774. The van der Waals surface area contributed by atoms with Gasteiger partial charge >= 0.3 is 0 Å². The molecular formula is C18H20ClNO2. The maximum absolute atomic E-state index is 12.3. The molecular weight excluding hydrogens is 298 g/mol. The lowest BCUT2D eigenvalue weighted by molar-refractivity contribution is -0.122. The summed E-state index contributed by atoms with van der Waals surface area (Å²) in [6.45, 7) is 5.92. The normalized spacial score (nSPS) is 12.0. The quantitative estimate of drug-likeness (QED) is 0.854. The van der Waals surface area contributed by atoms with Crippen LogP contribution in [-0.2, 0) is 4.79 Å². The van der Waals surface area contributed by atoms with Crippen LogP contribution in [0.5, 0.6) is 5.75 Å². The van der Waals surface area contributed by atoms with Crippen molar-refractivity contribution in [1.82, 2.24) is 0 Å². The summed E-state index contributed by atoms with van der Waals surface area (Å²) in [6.07, 6.45) is -0.596. The molecule has 0 heterocycles.